The Kier molecular flexibility index (Phi) is 3.61. The summed E-state index contributed by atoms with van der Waals surface area (Å²) in [5, 5.41) is 18.1. The van der Waals surface area contributed by atoms with E-state index in [9.17, 15) is 0 Å². The number of aromatic nitrogens is 1. The number of guanidine groups is 1. The van der Waals surface area contributed by atoms with Gasteiger partial charge < -0.3 is 10.6 Å². The van der Waals surface area contributed by atoms with Crippen molar-refractivity contribution in [3.8, 4) is 17.3 Å². The van der Waals surface area contributed by atoms with Crippen LogP contribution in [0.4, 0.5) is 5.13 Å². The van der Waals surface area contributed by atoms with Crippen molar-refractivity contribution in [1.82, 2.24) is 10.3 Å². The topological polar surface area (TPSA) is 73.1 Å². The van der Waals surface area contributed by atoms with Gasteiger partial charge in [0.05, 0.1) is 17.3 Å². The molecule has 20 heavy (non-hydrogen) atoms. The van der Waals surface area contributed by atoms with Gasteiger partial charge in [-0.25, -0.2) is 4.98 Å². The van der Waals surface area contributed by atoms with E-state index in [0.29, 0.717) is 5.56 Å². The van der Waals surface area contributed by atoms with Gasteiger partial charge in [0.2, 0.25) is 0 Å². The molecule has 0 fully saturated rings. The fourth-order valence-electron chi connectivity index (χ4n) is 1.93. The number of nitrogens with zero attached hydrogens (tertiary/aromatic N) is 3. The zero-order chi connectivity index (χ0) is 13.8. The van der Waals surface area contributed by atoms with E-state index >= 15 is 0 Å². The fraction of sp³-hybridized carbons (Fsp3) is 0.214. The van der Waals surface area contributed by atoms with Crippen LogP contribution in [0.5, 0.6) is 0 Å². The van der Waals surface area contributed by atoms with Gasteiger partial charge in [-0.3, -0.25) is 4.99 Å². The minimum atomic E-state index is 0.642. The summed E-state index contributed by atoms with van der Waals surface area (Å²) in [5.74, 6) is 0.780. The van der Waals surface area contributed by atoms with Crippen LogP contribution >= 0.6 is 11.3 Å². The molecule has 100 valence electrons. The summed E-state index contributed by atoms with van der Waals surface area (Å²) in [4.78, 5) is 8.88. The van der Waals surface area contributed by atoms with E-state index in [0.717, 1.165) is 41.9 Å². The number of hydrogen-bond donors (Lipinski definition) is 2. The van der Waals surface area contributed by atoms with Gasteiger partial charge >= 0.3 is 0 Å². The molecule has 1 aromatic carbocycles. The maximum absolute atomic E-state index is 8.93. The maximum Gasteiger partial charge on any atom is 0.197 e. The normalized spacial score (nSPS) is 14.1. The molecule has 0 atom stereocenters. The number of nitrogens with one attached hydrogen (secondary N) is 2. The Morgan fingerprint density at radius 1 is 1.40 bits per heavy atom. The van der Waals surface area contributed by atoms with E-state index in [1.165, 1.54) is 11.3 Å². The molecule has 2 heterocycles. The third kappa shape index (κ3) is 2.78. The summed E-state index contributed by atoms with van der Waals surface area (Å²) in [6.45, 7) is 1.78. The molecule has 0 unspecified atom stereocenters. The van der Waals surface area contributed by atoms with E-state index in [2.05, 4.69) is 26.7 Å². The van der Waals surface area contributed by atoms with E-state index in [-0.39, 0.29) is 0 Å². The SMILES string of the molecule is N#Cc1cccc(-c2csc(NC3=NCCCN3)n2)c1. The highest BCUT2D eigenvalue weighted by Crippen LogP contribution is 2.25. The summed E-state index contributed by atoms with van der Waals surface area (Å²) < 4.78 is 0. The second-order valence-corrected chi connectivity index (χ2v) is 5.22. The number of benzene rings is 1. The molecule has 0 saturated heterocycles. The molecule has 2 aromatic rings. The fourth-order valence-corrected chi connectivity index (χ4v) is 2.65. The predicted octanol–water partition coefficient (Wildman–Crippen LogP) is 2.44. The lowest BCUT2D eigenvalue weighted by Gasteiger charge is -2.14. The first-order valence-corrected chi connectivity index (χ1v) is 7.24. The van der Waals surface area contributed by atoms with Crippen LogP contribution in [0, 0.1) is 11.3 Å². The molecule has 1 aliphatic rings. The molecule has 0 aliphatic carbocycles. The number of aliphatic imine (C=N–C) groups is 1. The molecule has 5 nitrogen and oxygen atoms in total. The van der Waals surface area contributed by atoms with E-state index in [4.69, 9.17) is 5.26 Å². The van der Waals surface area contributed by atoms with E-state index < -0.39 is 0 Å². The van der Waals surface area contributed by atoms with Gasteiger partial charge in [0.1, 0.15) is 0 Å². The molecule has 0 radical (unpaired) electrons. The van der Waals surface area contributed by atoms with Crippen LogP contribution in [-0.4, -0.2) is 24.0 Å². The number of thiazole rings is 1. The first-order valence-electron chi connectivity index (χ1n) is 6.36. The van der Waals surface area contributed by atoms with Crippen molar-refractivity contribution >= 4 is 22.4 Å². The lowest BCUT2D eigenvalue weighted by Crippen LogP contribution is -2.35. The Labute approximate surface area is 121 Å². The molecule has 6 heteroatoms. The summed E-state index contributed by atoms with van der Waals surface area (Å²) >= 11 is 1.53. The van der Waals surface area contributed by atoms with Crippen molar-refractivity contribution in [2.45, 2.75) is 6.42 Å². The average Bonchev–Trinajstić information content (AvgIpc) is 2.97. The van der Waals surface area contributed by atoms with Gasteiger partial charge in [-0.05, 0) is 18.6 Å². The van der Waals surface area contributed by atoms with Crippen LogP contribution in [-0.2, 0) is 0 Å². The average molecular weight is 283 g/mol. The van der Waals surface area contributed by atoms with Gasteiger partial charge in [0.25, 0.3) is 0 Å². The van der Waals surface area contributed by atoms with Crippen molar-refractivity contribution in [3.63, 3.8) is 0 Å². The maximum atomic E-state index is 8.93. The Morgan fingerprint density at radius 3 is 3.15 bits per heavy atom. The minimum Gasteiger partial charge on any atom is -0.356 e. The van der Waals surface area contributed by atoms with E-state index in [1.54, 1.807) is 6.07 Å². The number of rotatable bonds is 2. The molecule has 1 aliphatic heterocycles. The quantitative estimate of drug-likeness (QED) is 0.888. The lowest BCUT2D eigenvalue weighted by atomic mass is 10.1. The number of nitriles is 1. The predicted molar refractivity (Wildman–Crippen MR) is 80.8 cm³/mol. The van der Waals surface area contributed by atoms with Gasteiger partial charge in [-0.1, -0.05) is 12.1 Å². The number of hydrogen-bond acceptors (Lipinski definition) is 6. The van der Waals surface area contributed by atoms with Crippen molar-refractivity contribution in [1.29, 1.82) is 5.26 Å². The Balaban J connectivity index is 1.79. The second kappa shape index (κ2) is 5.72. The van der Waals surface area contributed by atoms with Gasteiger partial charge in [-0.2, -0.15) is 5.26 Å². The smallest absolute Gasteiger partial charge is 0.197 e. The zero-order valence-corrected chi connectivity index (χ0v) is 11.6. The van der Waals surface area contributed by atoms with Crippen LogP contribution in [0.25, 0.3) is 11.3 Å². The monoisotopic (exact) mass is 283 g/mol. The molecule has 0 spiro atoms. The standard InChI is InChI=1S/C14H13N5S/c15-8-10-3-1-4-11(7-10)12-9-20-14(18-12)19-13-16-5-2-6-17-13/h1,3-4,7,9H,2,5-6H2,(H2,16,17,18,19). The lowest BCUT2D eigenvalue weighted by molar-refractivity contribution is 0.740. The van der Waals surface area contributed by atoms with Crippen molar-refractivity contribution in [2.75, 3.05) is 18.4 Å². The molecule has 3 rings (SSSR count). The first-order chi connectivity index (χ1) is 9.85. The molecule has 1 aromatic heterocycles. The van der Waals surface area contributed by atoms with Crippen LogP contribution < -0.4 is 10.6 Å². The zero-order valence-electron chi connectivity index (χ0n) is 10.8. The van der Waals surface area contributed by atoms with Crippen molar-refractivity contribution in [3.05, 3.63) is 35.2 Å². The summed E-state index contributed by atoms with van der Waals surface area (Å²) in [7, 11) is 0. The minimum absolute atomic E-state index is 0.642. The van der Waals surface area contributed by atoms with Gasteiger partial charge in [0.15, 0.2) is 11.1 Å². The molecular formula is C14H13N5S. The Morgan fingerprint density at radius 2 is 2.35 bits per heavy atom. The van der Waals surface area contributed by atoms with E-state index in [1.807, 2.05) is 23.6 Å². The third-order valence-electron chi connectivity index (χ3n) is 2.91. The van der Waals surface area contributed by atoms with Gasteiger partial charge in [-0.15, -0.1) is 11.3 Å². The van der Waals surface area contributed by atoms with Crippen molar-refractivity contribution < 1.29 is 0 Å². The Bertz CT molecular complexity index is 683. The Hall–Kier alpha value is -2.39. The van der Waals surface area contributed by atoms with Crippen molar-refractivity contribution in [2.24, 2.45) is 4.99 Å². The molecule has 0 bridgehead atoms. The summed E-state index contributed by atoms with van der Waals surface area (Å²) in [6, 6.07) is 9.59. The van der Waals surface area contributed by atoms with Crippen LogP contribution in [0.3, 0.4) is 0 Å². The van der Waals surface area contributed by atoms with Crippen LogP contribution in [0.15, 0.2) is 34.6 Å². The highest BCUT2D eigenvalue weighted by molar-refractivity contribution is 7.14. The number of anilines is 1. The third-order valence-corrected chi connectivity index (χ3v) is 3.67. The molecule has 0 amide bonds. The molecule has 2 N–H and O–H groups in total. The highest BCUT2D eigenvalue weighted by Gasteiger charge is 2.08. The first kappa shape index (κ1) is 12.6. The van der Waals surface area contributed by atoms with Crippen LogP contribution in [0.2, 0.25) is 0 Å². The largest absolute Gasteiger partial charge is 0.356 e. The second-order valence-electron chi connectivity index (χ2n) is 4.37. The molecular weight excluding hydrogens is 270 g/mol. The van der Waals surface area contributed by atoms with Crippen LogP contribution in [0.1, 0.15) is 12.0 Å². The summed E-state index contributed by atoms with van der Waals surface area (Å²) in [5.41, 5.74) is 2.46. The van der Waals surface area contributed by atoms with Gasteiger partial charge in [0, 0.05) is 24.0 Å². The molecule has 0 saturated carbocycles. The highest BCUT2D eigenvalue weighted by atomic mass is 32.1. The summed E-state index contributed by atoms with van der Waals surface area (Å²) in [6.07, 6.45) is 1.06.